The molecule has 0 bridgehead atoms. The third-order valence-corrected chi connectivity index (χ3v) is 4.07. The first-order valence-corrected chi connectivity index (χ1v) is 6.92. The topological polar surface area (TPSA) is 0 Å². The molecule has 0 radical (unpaired) electrons. The highest BCUT2D eigenvalue weighted by Crippen LogP contribution is 2.31. The molecule has 0 aliphatic heterocycles. The molecule has 0 nitrogen and oxygen atoms in total. The van der Waals surface area contributed by atoms with Gasteiger partial charge in [0.15, 0.2) is 0 Å². The van der Waals surface area contributed by atoms with Crippen LogP contribution in [0.25, 0.3) is 0 Å². The van der Waals surface area contributed by atoms with E-state index < -0.39 is 0 Å². The highest BCUT2D eigenvalue weighted by atomic mass is 79.9. The molecule has 0 saturated heterocycles. The van der Waals surface area contributed by atoms with E-state index in [-0.39, 0.29) is 0 Å². The first kappa shape index (κ1) is 12.3. The lowest BCUT2D eigenvalue weighted by Crippen LogP contribution is -2.00. The molecule has 0 N–H and O–H groups in total. The molecule has 0 fully saturated rings. The first-order chi connectivity index (χ1) is 6.50. The Balaban J connectivity index is 2.82. The number of hydrogen-bond donors (Lipinski definition) is 0. The summed E-state index contributed by atoms with van der Waals surface area (Å²) in [4.78, 5) is 0. The maximum atomic E-state index is 3.65. The summed E-state index contributed by atoms with van der Waals surface area (Å²) in [5.41, 5.74) is 3.09. The van der Waals surface area contributed by atoms with Crippen LogP contribution in [0, 0.1) is 11.8 Å². The smallest absolute Gasteiger partial charge is 0.0733 e. The molecule has 0 saturated carbocycles. The molecule has 0 aliphatic carbocycles. The van der Waals surface area contributed by atoms with Gasteiger partial charge in [-0.25, -0.2) is 0 Å². The van der Waals surface area contributed by atoms with Crippen molar-refractivity contribution in [3.63, 3.8) is 0 Å². The predicted octanol–water partition coefficient (Wildman–Crippen LogP) is 4.91. The predicted molar refractivity (Wildman–Crippen MR) is 69.1 cm³/mol. The third kappa shape index (κ3) is 3.39. The van der Waals surface area contributed by atoms with Crippen LogP contribution in [0.2, 0.25) is 0 Å². The van der Waals surface area contributed by atoms with Gasteiger partial charge in [0.25, 0.3) is 0 Å². The lowest BCUT2D eigenvalue weighted by molar-refractivity contribution is 0.617. The fraction of sp³-hybridized carbons (Fsp3) is 0.667. The van der Waals surface area contributed by atoms with Crippen molar-refractivity contribution in [3.05, 3.63) is 20.3 Å². The molecule has 2 heteroatoms. The van der Waals surface area contributed by atoms with E-state index in [1.807, 2.05) is 11.3 Å². The summed E-state index contributed by atoms with van der Waals surface area (Å²) in [6.45, 7) is 9.13. The van der Waals surface area contributed by atoms with E-state index in [0.717, 1.165) is 11.8 Å². The largest absolute Gasteiger partial charge is 0.136 e. The summed E-state index contributed by atoms with van der Waals surface area (Å²) in [5.74, 6) is 1.49. The molecule has 0 aromatic carbocycles. The van der Waals surface area contributed by atoms with Gasteiger partial charge in [0.2, 0.25) is 0 Å². The average molecular weight is 275 g/mol. The maximum absolute atomic E-state index is 3.65. The molecule has 1 aromatic rings. The van der Waals surface area contributed by atoms with Crippen LogP contribution in [-0.4, -0.2) is 0 Å². The Hall–Kier alpha value is 0.180. The quantitative estimate of drug-likeness (QED) is 0.732. The summed E-state index contributed by atoms with van der Waals surface area (Å²) in [6.07, 6.45) is 2.41. The van der Waals surface area contributed by atoms with Crippen LogP contribution in [0.15, 0.2) is 9.17 Å². The van der Waals surface area contributed by atoms with Crippen LogP contribution in [0.1, 0.15) is 38.8 Å². The molecule has 1 heterocycles. The van der Waals surface area contributed by atoms with Gasteiger partial charge in [-0.3, -0.25) is 0 Å². The molecule has 80 valence electrons. The molecule has 0 unspecified atom stereocenters. The van der Waals surface area contributed by atoms with Crippen LogP contribution >= 0.6 is 27.3 Å². The summed E-state index contributed by atoms with van der Waals surface area (Å²) in [5, 5.41) is 2.31. The lowest BCUT2D eigenvalue weighted by Gasteiger charge is -2.09. The Labute approximate surface area is 99.9 Å². The van der Waals surface area contributed by atoms with Crippen LogP contribution in [-0.2, 0) is 12.8 Å². The van der Waals surface area contributed by atoms with E-state index in [4.69, 9.17) is 0 Å². The Morgan fingerprint density at radius 1 is 1.14 bits per heavy atom. The monoisotopic (exact) mass is 274 g/mol. The van der Waals surface area contributed by atoms with E-state index in [2.05, 4.69) is 49.0 Å². The number of thiophene rings is 1. The highest BCUT2D eigenvalue weighted by Gasteiger charge is 2.12. The molecule has 0 atom stereocenters. The standard InChI is InChI=1S/C12H19BrS/c1-8(2)5-10-7-14-12(13)11(10)6-9(3)4/h7-9H,5-6H2,1-4H3. The molecule has 14 heavy (non-hydrogen) atoms. The van der Waals surface area contributed by atoms with Gasteiger partial charge in [0, 0.05) is 0 Å². The van der Waals surface area contributed by atoms with E-state index in [1.165, 1.54) is 16.6 Å². The van der Waals surface area contributed by atoms with Gasteiger partial charge in [0.1, 0.15) is 0 Å². The van der Waals surface area contributed by atoms with Gasteiger partial charge in [-0.15, -0.1) is 11.3 Å². The molecule has 0 spiro atoms. The van der Waals surface area contributed by atoms with E-state index in [0.29, 0.717) is 0 Å². The molecular formula is C12H19BrS. The summed E-state index contributed by atoms with van der Waals surface area (Å²) in [7, 11) is 0. The minimum absolute atomic E-state index is 0.742. The van der Waals surface area contributed by atoms with E-state index >= 15 is 0 Å². The van der Waals surface area contributed by atoms with Crippen molar-refractivity contribution in [1.29, 1.82) is 0 Å². The summed E-state index contributed by atoms with van der Waals surface area (Å²) < 4.78 is 1.34. The van der Waals surface area contributed by atoms with Crippen LogP contribution in [0.4, 0.5) is 0 Å². The normalized spacial score (nSPS) is 11.6. The molecule has 0 amide bonds. The van der Waals surface area contributed by atoms with Crippen molar-refractivity contribution >= 4 is 27.3 Å². The zero-order valence-electron chi connectivity index (χ0n) is 9.43. The van der Waals surface area contributed by atoms with Gasteiger partial charge in [-0.2, -0.15) is 0 Å². The van der Waals surface area contributed by atoms with Gasteiger partial charge in [0.05, 0.1) is 3.79 Å². The number of hydrogen-bond acceptors (Lipinski definition) is 1. The van der Waals surface area contributed by atoms with Crippen LogP contribution in [0.5, 0.6) is 0 Å². The lowest BCUT2D eigenvalue weighted by atomic mass is 9.97. The zero-order chi connectivity index (χ0) is 10.7. The molecule has 0 aliphatic rings. The number of halogens is 1. The zero-order valence-corrected chi connectivity index (χ0v) is 11.8. The van der Waals surface area contributed by atoms with Gasteiger partial charge >= 0.3 is 0 Å². The Morgan fingerprint density at radius 2 is 1.71 bits per heavy atom. The first-order valence-electron chi connectivity index (χ1n) is 5.25. The van der Waals surface area contributed by atoms with Crippen LogP contribution in [0.3, 0.4) is 0 Å². The van der Waals surface area contributed by atoms with E-state index in [9.17, 15) is 0 Å². The average Bonchev–Trinajstić information content (AvgIpc) is 2.34. The molecule has 1 aromatic heterocycles. The highest BCUT2D eigenvalue weighted by molar-refractivity contribution is 9.11. The van der Waals surface area contributed by atoms with Crippen molar-refractivity contribution in [2.45, 2.75) is 40.5 Å². The second kappa shape index (κ2) is 5.32. The van der Waals surface area contributed by atoms with Crippen molar-refractivity contribution in [1.82, 2.24) is 0 Å². The number of rotatable bonds is 4. The summed E-state index contributed by atoms with van der Waals surface area (Å²) in [6, 6.07) is 0. The second-order valence-electron chi connectivity index (χ2n) is 4.71. The van der Waals surface area contributed by atoms with Crippen molar-refractivity contribution in [2.75, 3.05) is 0 Å². The minimum Gasteiger partial charge on any atom is -0.136 e. The maximum Gasteiger partial charge on any atom is 0.0733 e. The van der Waals surface area contributed by atoms with Crippen molar-refractivity contribution in [2.24, 2.45) is 11.8 Å². The van der Waals surface area contributed by atoms with Gasteiger partial charge in [-0.05, 0) is 57.1 Å². The van der Waals surface area contributed by atoms with Crippen molar-refractivity contribution < 1.29 is 0 Å². The Morgan fingerprint density at radius 3 is 2.21 bits per heavy atom. The fourth-order valence-electron chi connectivity index (χ4n) is 1.62. The Kier molecular flexibility index (Phi) is 4.65. The molecule has 1 rings (SSSR count). The fourth-order valence-corrected chi connectivity index (χ4v) is 3.16. The van der Waals surface area contributed by atoms with Gasteiger partial charge < -0.3 is 0 Å². The third-order valence-electron chi connectivity index (χ3n) is 2.17. The van der Waals surface area contributed by atoms with Crippen molar-refractivity contribution in [3.8, 4) is 0 Å². The van der Waals surface area contributed by atoms with E-state index in [1.54, 1.807) is 11.1 Å². The van der Waals surface area contributed by atoms with Crippen LogP contribution < -0.4 is 0 Å². The Bertz CT molecular complexity index is 287. The van der Waals surface area contributed by atoms with Gasteiger partial charge in [-0.1, -0.05) is 27.7 Å². The second-order valence-corrected chi connectivity index (χ2v) is 6.91. The SMILES string of the molecule is CC(C)Cc1csc(Br)c1CC(C)C. The summed E-state index contributed by atoms with van der Waals surface area (Å²) >= 11 is 5.49. The minimum atomic E-state index is 0.742. The molecular weight excluding hydrogens is 256 g/mol.